The molecule has 0 bridgehead atoms. The number of hydrogen-bond acceptors (Lipinski definition) is 3. The molecule has 3 heteroatoms. The number of ether oxygens (including phenoxy) is 1. The van der Waals surface area contributed by atoms with Crippen LogP contribution in [0.2, 0.25) is 0 Å². The summed E-state index contributed by atoms with van der Waals surface area (Å²) in [7, 11) is 1.41. The molecule has 0 saturated carbocycles. The van der Waals surface area contributed by atoms with Gasteiger partial charge in [0, 0.05) is 0 Å². The first-order chi connectivity index (χ1) is 8.17. The standard InChI is InChI=1S/C14H20O3/c1-3-4-5-12(10-14(16)17-2)11-6-8-13(15)9-7-11/h6-9,12,15H,3-5,10H2,1-2H3/t12-/m1/s1. The molecule has 0 amide bonds. The molecule has 0 saturated heterocycles. The molecule has 0 aliphatic carbocycles. The van der Waals surface area contributed by atoms with Crippen molar-refractivity contribution in [1.29, 1.82) is 0 Å². The van der Waals surface area contributed by atoms with E-state index in [2.05, 4.69) is 6.92 Å². The van der Waals surface area contributed by atoms with Crippen LogP contribution in [0.5, 0.6) is 5.75 Å². The van der Waals surface area contributed by atoms with Crippen molar-refractivity contribution < 1.29 is 14.6 Å². The lowest BCUT2D eigenvalue weighted by molar-refractivity contribution is -0.141. The predicted molar refractivity (Wildman–Crippen MR) is 67.0 cm³/mol. The number of phenolic OH excluding ortho intramolecular Hbond substituents is 1. The van der Waals surface area contributed by atoms with E-state index >= 15 is 0 Å². The summed E-state index contributed by atoms with van der Waals surface area (Å²) in [5.74, 6) is 0.253. The van der Waals surface area contributed by atoms with Gasteiger partial charge in [-0.25, -0.2) is 0 Å². The van der Waals surface area contributed by atoms with Crippen molar-refractivity contribution in [2.45, 2.75) is 38.5 Å². The number of phenols is 1. The molecule has 94 valence electrons. The minimum atomic E-state index is -0.181. The Morgan fingerprint density at radius 2 is 2.00 bits per heavy atom. The lowest BCUT2D eigenvalue weighted by Gasteiger charge is -2.15. The van der Waals surface area contributed by atoms with E-state index in [1.807, 2.05) is 12.1 Å². The molecule has 0 aromatic heterocycles. The Morgan fingerprint density at radius 1 is 1.35 bits per heavy atom. The number of unbranched alkanes of at least 4 members (excludes halogenated alkanes) is 1. The summed E-state index contributed by atoms with van der Waals surface area (Å²) in [6, 6.07) is 7.06. The van der Waals surface area contributed by atoms with Crippen LogP contribution >= 0.6 is 0 Å². The summed E-state index contributed by atoms with van der Waals surface area (Å²) in [6.07, 6.45) is 3.57. The van der Waals surface area contributed by atoms with Crippen LogP contribution in [0, 0.1) is 0 Å². The summed E-state index contributed by atoms with van der Waals surface area (Å²) in [6.45, 7) is 2.13. The van der Waals surface area contributed by atoms with E-state index in [-0.39, 0.29) is 17.6 Å². The summed E-state index contributed by atoms with van der Waals surface area (Å²) in [5.41, 5.74) is 1.08. The van der Waals surface area contributed by atoms with Gasteiger partial charge < -0.3 is 9.84 Å². The second kappa shape index (κ2) is 6.94. The zero-order chi connectivity index (χ0) is 12.7. The highest BCUT2D eigenvalue weighted by Gasteiger charge is 2.15. The normalized spacial score (nSPS) is 12.1. The molecule has 0 unspecified atom stereocenters. The number of benzene rings is 1. The fraction of sp³-hybridized carbons (Fsp3) is 0.500. The van der Waals surface area contributed by atoms with Gasteiger partial charge in [-0.2, -0.15) is 0 Å². The van der Waals surface area contributed by atoms with Crippen LogP contribution in [0.3, 0.4) is 0 Å². The van der Waals surface area contributed by atoms with Crippen LogP contribution in [-0.2, 0) is 9.53 Å². The van der Waals surface area contributed by atoms with Crippen molar-refractivity contribution >= 4 is 5.97 Å². The SMILES string of the molecule is CCCC[C@H](CC(=O)OC)c1ccc(O)cc1. The smallest absolute Gasteiger partial charge is 0.306 e. The number of aromatic hydroxyl groups is 1. The van der Waals surface area contributed by atoms with Crippen molar-refractivity contribution in [2.75, 3.05) is 7.11 Å². The van der Waals surface area contributed by atoms with E-state index in [0.29, 0.717) is 6.42 Å². The lowest BCUT2D eigenvalue weighted by Crippen LogP contribution is -2.08. The van der Waals surface area contributed by atoms with Crippen molar-refractivity contribution in [2.24, 2.45) is 0 Å². The molecule has 0 radical (unpaired) electrons. The highest BCUT2D eigenvalue weighted by atomic mass is 16.5. The highest BCUT2D eigenvalue weighted by Crippen LogP contribution is 2.27. The number of methoxy groups -OCH3 is 1. The Bertz CT molecular complexity index is 343. The summed E-state index contributed by atoms with van der Waals surface area (Å²) in [4.78, 5) is 11.4. The minimum Gasteiger partial charge on any atom is -0.508 e. The Hall–Kier alpha value is -1.51. The van der Waals surface area contributed by atoms with Gasteiger partial charge in [-0.1, -0.05) is 31.9 Å². The second-order valence-corrected chi connectivity index (χ2v) is 4.21. The van der Waals surface area contributed by atoms with E-state index in [1.54, 1.807) is 12.1 Å². The average Bonchev–Trinajstić information content (AvgIpc) is 2.35. The maximum atomic E-state index is 11.4. The molecule has 17 heavy (non-hydrogen) atoms. The molecule has 3 nitrogen and oxygen atoms in total. The molecular formula is C14H20O3. The Labute approximate surface area is 102 Å². The van der Waals surface area contributed by atoms with Gasteiger partial charge in [-0.15, -0.1) is 0 Å². The van der Waals surface area contributed by atoms with E-state index in [4.69, 9.17) is 4.74 Å². The fourth-order valence-electron chi connectivity index (χ4n) is 1.87. The lowest BCUT2D eigenvalue weighted by atomic mass is 9.91. The first-order valence-corrected chi connectivity index (χ1v) is 6.03. The van der Waals surface area contributed by atoms with Gasteiger partial charge in [0.15, 0.2) is 0 Å². The van der Waals surface area contributed by atoms with Gasteiger partial charge in [-0.3, -0.25) is 4.79 Å². The third-order valence-corrected chi connectivity index (χ3v) is 2.91. The number of rotatable bonds is 6. The van der Waals surface area contributed by atoms with Crippen LogP contribution in [-0.4, -0.2) is 18.2 Å². The average molecular weight is 236 g/mol. The Morgan fingerprint density at radius 3 is 2.53 bits per heavy atom. The van der Waals surface area contributed by atoms with Crippen molar-refractivity contribution in [3.05, 3.63) is 29.8 Å². The highest BCUT2D eigenvalue weighted by molar-refractivity contribution is 5.70. The maximum Gasteiger partial charge on any atom is 0.306 e. The van der Waals surface area contributed by atoms with Crippen LogP contribution in [0.15, 0.2) is 24.3 Å². The molecule has 1 aromatic rings. The Balaban J connectivity index is 2.74. The Kier molecular flexibility index (Phi) is 5.53. The van der Waals surface area contributed by atoms with Gasteiger partial charge in [0.05, 0.1) is 13.5 Å². The monoisotopic (exact) mass is 236 g/mol. The first-order valence-electron chi connectivity index (χ1n) is 6.03. The topological polar surface area (TPSA) is 46.5 Å². The van der Waals surface area contributed by atoms with Crippen molar-refractivity contribution in [3.63, 3.8) is 0 Å². The van der Waals surface area contributed by atoms with Gasteiger partial charge >= 0.3 is 5.97 Å². The molecule has 0 aliphatic heterocycles. The fourth-order valence-corrected chi connectivity index (χ4v) is 1.87. The van der Waals surface area contributed by atoms with Crippen LogP contribution in [0.25, 0.3) is 0 Å². The van der Waals surface area contributed by atoms with Crippen LogP contribution in [0.1, 0.15) is 44.1 Å². The molecule has 0 fully saturated rings. The van der Waals surface area contributed by atoms with E-state index in [0.717, 1.165) is 24.8 Å². The molecule has 0 aliphatic rings. The first kappa shape index (κ1) is 13.6. The number of esters is 1. The van der Waals surface area contributed by atoms with E-state index in [1.165, 1.54) is 7.11 Å². The second-order valence-electron chi connectivity index (χ2n) is 4.21. The molecule has 1 N–H and O–H groups in total. The molecule has 1 atom stereocenters. The summed E-state index contributed by atoms with van der Waals surface area (Å²) in [5, 5.41) is 9.25. The number of hydrogen-bond donors (Lipinski definition) is 1. The minimum absolute atomic E-state index is 0.181. The van der Waals surface area contributed by atoms with E-state index in [9.17, 15) is 9.90 Å². The molecule has 1 aromatic carbocycles. The molecule has 0 spiro atoms. The summed E-state index contributed by atoms with van der Waals surface area (Å²) >= 11 is 0. The van der Waals surface area contributed by atoms with Gasteiger partial charge in [0.25, 0.3) is 0 Å². The molecule has 1 rings (SSSR count). The number of carbonyl (C=O) groups excluding carboxylic acids is 1. The van der Waals surface area contributed by atoms with Gasteiger partial charge in [0.2, 0.25) is 0 Å². The van der Waals surface area contributed by atoms with Crippen molar-refractivity contribution in [3.8, 4) is 5.75 Å². The van der Waals surface area contributed by atoms with Gasteiger partial charge in [-0.05, 0) is 30.0 Å². The molecule has 0 heterocycles. The third-order valence-electron chi connectivity index (χ3n) is 2.91. The third kappa shape index (κ3) is 4.47. The number of carbonyl (C=O) groups is 1. The summed E-state index contributed by atoms with van der Waals surface area (Å²) < 4.78 is 4.72. The predicted octanol–water partition coefficient (Wildman–Crippen LogP) is 3.23. The zero-order valence-corrected chi connectivity index (χ0v) is 10.5. The maximum absolute atomic E-state index is 11.4. The van der Waals surface area contributed by atoms with Crippen LogP contribution in [0.4, 0.5) is 0 Å². The largest absolute Gasteiger partial charge is 0.508 e. The van der Waals surface area contributed by atoms with Gasteiger partial charge in [0.1, 0.15) is 5.75 Å². The van der Waals surface area contributed by atoms with E-state index < -0.39 is 0 Å². The van der Waals surface area contributed by atoms with Crippen molar-refractivity contribution in [1.82, 2.24) is 0 Å². The molecular weight excluding hydrogens is 216 g/mol. The van der Waals surface area contributed by atoms with Crippen LogP contribution < -0.4 is 0 Å². The zero-order valence-electron chi connectivity index (χ0n) is 10.5. The quantitative estimate of drug-likeness (QED) is 0.771.